The molecule has 0 unspecified atom stereocenters. The lowest BCUT2D eigenvalue weighted by Gasteiger charge is -2.35. The van der Waals surface area contributed by atoms with Crippen molar-refractivity contribution in [3.05, 3.63) is 41.0 Å². The standard InChI is InChI=1S/C16H18FN5O/c1-21-6-7-22(13-3-2-10(17)8-14(13)21)16(23)15-11-9-18-5-4-12(11)19-20-15/h2-3,8,18H,4-7,9H2,1H3,(H,19,20). The number of hydrogen-bond donors (Lipinski definition) is 2. The number of likely N-dealkylation sites (N-methyl/N-ethyl adjacent to an activating group) is 1. The fourth-order valence-electron chi connectivity index (χ4n) is 3.26. The predicted octanol–water partition coefficient (Wildman–Crippen LogP) is 1.29. The van der Waals surface area contributed by atoms with Crippen LogP contribution in [0.4, 0.5) is 15.8 Å². The van der Waals surface area contributed by atoms with Gasteiger partial charge in [-0.3, -0.25) is 9.89 Å². The number of nitrogens with zero attached hydrogens (tertiary/aromatic N) is 3. The lowest BCUT2D eigenvalue weighted by molar-refractivity contribution is 0.0981. The number of fused-ring (bicyclic) bond motifs is 2. The first-order valence-electron chi connectivity index (χ1n) is 7.74. The van der Waals surface area contributed by atoms with Crippen LogP contribution in [0.2, 0.25) is 0 Å². The van der Waals surface area contributed by atoms with Crippen molar-refractivity contribution in [2.24, 2.45) is 0 Å². The molecule has 3 heterocycles. The zero-order valence-electron chi connectivity index (χ0n) is 12.9. The Hall–Kier alpha value is -2.41. The Labute approximate surface area is 133 Å². The highest BCUT2D eigenvalue weighted by atomic mass is 19.1. The fourth-order valence-corrected chi connectivity index (χ4v) is 3.26. The summed E-state index contributed by atoms with van der Waals surface area (Å²) in [6.07, 6.45) is 0.847. The van der Waals surface area contributed by atoms with Crippen LogP contribution in [-0.4, -0.2) is 42.8 Å². The molecule has 7 heteroatoms. The number of H-pyrrole nitrogens is 1. The molecule has 0 fully saturated rings. The highest BCUT2D eigenvalue weighted by Crippen LogP contribution is 2.34. The molecule has 2 aliphatic heterocycles. The molecule has 0 atom stereocenters. The van der Waals surface area contributed by atoms with E-state index in [-0.39, 0.29) is 11.7 Å². The van der Waals surface area contributed by atoms with Gasteiger partial charge >= 0.3 is 0 Å². The van der Waals surface area contributed by atoms with E-state index in [1.807, 2.05) is 11.9 Å². The number of hydrogen-bond acceptors (Lipinski definition) is 4. The van der Waals surface area contributed by atoms with Crippen LogP contribution >= 0.6 is 0 Å². The Balaban J connectivity index is 1.73. The van der Waals surface area contributed by atoms with Gasteiger partial charge in [-0.2, -0.15) is 5.10 Å². The number of nitrogens with one attached hydrogen (secondary N) is 2. The van der Waals surface area contributed by atoms with Crippen LogP contribution in [0.1, 0.15) is 21.7 Å². The molecule has 2 N–H and O–H groups in total. The van der Waals surface area contributed by atoms with Crippen LogP contribution in [-0.2, 0) is 13.0 Å². The molecule has 1 aromatic heterocycles. The number of carbonyl (C=O) groups is 1. The summed E-state index contributed by atoms with van der Waals surface area (Å²) in [7, 11) is 1.90. The summed E-state index contributed by atoms with van der Waals surface area (Å²) >= 11 is 0. The molecule has 0 spiro atoms. The van der Waals surface area contributed by atoms with Crippen molar-refractivity contribution in [3.63, 3.8) is 0 Å². The van der Waals surface area contributed by atoms with E-state index in [2.05, 4.69) is 15.5 Å². The molecule has 0 bridgehead atoms. The molecule has 120 valence electrons. The highest BCUT2D eigenvalue weighted by Gasteiger charge is 2.30. The molecule has 2 aliphatic rings. The van der Waals surface area contributed by atoms with Gasteiger partial charge in [0.05, 0.1) is 11.4 Å². The average molecular weight is 315 g/mol. The number of halogens is 1. The van der Waals surface area contributed by atoms with Gasteiger partial charge in [-0.15, -0.1) is 0 Å². The smallest absolute Gasteiger partial charge is 0.279 e. The number of aromatic nitrogens is 2. The van der Waals surface area contributed by atoms with Crippen LogP contribution in [0, 0.1) is 5.82 Å². The van der Waals surface area contributed by atoms with E-state index in [9.17, 15) is 9.18 Å². The molecule has 0 aliphatic carbocycles. The largest absolute Gasteiger partial charge is 0.371 e. The number of amides is 1. The first-order chi connectivity index (χ1) is 11.1. The first kappa shape index (κ1) is 14.2. The second kappa shape index (κ2) is 5.34. The lowest BCUT2D eigenvalue weighted by atomic mass is 10.1. The topological polar surface area (TPSA) is 64.3 Å². The molecule has 1 aromatic carbocycles. The van der Waals surface area contributed by atoms with Gasteiger partial charge in [0.25, 0.3) is 5.91 Å². The molecule has 4 rings (SSSR count). The van der Waals surface area contributed by atoms with Gasteiger partial charge in [-0.1, -0.05) is 0 Å². The quantitative estimate of drug-likeness (QED) is 0.832. The van der Waals surface area contributed by atoms with Crippen molar-refractivity contribution in [1.82, 2.24) is 15.5 Å². The van der Waals surface area contributed by atoms with E-state index in [0.29, 0.717) is 25.3 Å². The molecule has 23 heavy (non-hydrogen) atoms. The SMILES string of the molecule is CN1CCN(C(=O)c2n[nH]c3c2CNCC3)c2ccc(F)cc21. The molecule has 0 saturated heterocycles. The number of rotatable bonds is 1. The van der Waals surface area contributed by atoms with Gasteiger partial charge in [-0.25, -0.2) is 4.39 Å². The van der Waals surface area contributed by atoms with Crippen LogP contribution in [0.25, 0.3) is 0 Å². The summed E-state index contributed by atoms with van der Waals surface area (Å²) in [5.41, 5.74) is 3.90. The van der Waals surface area contributed by atoms with Gasteiger partial charge in [0.2, 0.25) is 0 Å². The number of anilines is 2. The van der Waals surface area contributed by atoms with E-state index in [4.69, 9.17) is 0 Å². The Kier molecular flexibility index (Phi) is 3.30. The van der Waals surface area contributed by atoms with Gasteiger partial charge in [0.1, 0.15) is 5.82 Å². The monoisotopic (exact) mass is 315 g/mol. The van der Waals surface area contributed by atoms with Crippen molar-refractivity contribution in [3.8, 4) is 0 Å². The first-order valence-corrected chi connectivity index (χ1v) is 7.74. The lowest BCUT2D eigenvalue weighted by Crippen LogP contribution is -2.43. The maximum absolute atomic E-state index is 13.5. The third kappa shape index (κ3) is 2.28. The van der Waals surface area contributed by atoms with Crippen molar-refractivity contribution in [1.29, 1.82) is 0 Å². The van der Waals surface area contributed by atoms with Crippen LogP contribution in [0.15, 0.2) is 18.2 Å². The molecule has 1 amide bonds. The molecule has 6 nitrogen and oxygen atoms in total. The second-order valence-corrected chi connectivity index (χ2v) is 5.97. The van der Waals surface area contributed by atoms with E-state index >= 15 is 0 Å². The van der Waals surface area contributed by atoms with Crippen molar-refractivity contribution in [2.75, 3.05) is 36.5 Å². The predicted molar refractivity (Wildman–Crippen MR) is 85.3 cm³/mol. The fraction of sp³-hybridized carbons (Fsp3) is 0.375. The molecular formula is C16H18FN5O. The normalized spacial score (nSPS) is 17.0. The maximum Gasteiger partial charge on any atom is 0.279 e. The molecular weight excluding hydrogens is 297 g/mol. The zero-order chi connectivity index (χ0) is 16.0. The third-order valence-electron chi connectivity index (χ3n) is 4.55. The van der Waals surface area contributed by atoms with Crippen molar-refractivity contribution < 1.29 is 9.18 Å². The Morgan fingerprint density at radius 2 is 2.17 bits per heavy atom. The van der Waals surface area contributed by atoms with Crippen LogP contribution < -0.4 is 15.1 Å². The minimum atomic E-state index is -0.300. The highest BCUT2D eigenvalue weighted by molar-refractivity contribution is 6.08. The summed E-state index contributed by atoms with van der Waals surface area (Å²) in [4.78, 5) is 16.6. The number of aromatic amines is 1. The minimum Gasteiger partial charge on any atom is -0.371 e. The minimum absolute atomic E-state index is 0.132. The van der Waals surface area contributed by atoms with Crippen molar-refractivity contribution >= 4 is 17.3 Å². The molecule has 2 aromatic rings. The number of benzene rings is 1. The third-order valence-corrected chi connectivity index (χ3v) is 4.55. The Morgan fingerprint density at radius 1 is 1.30 bits per heavy atom. The molecule has 0 saturated carbocycles. The molecule has 0 radical (unpaired) electrons. The van der Waals surface area contributed by atoms with E-state index in [1.165, 1.54) is 12.1 Å². The van der Waals surface area contributed by atoms with Crippen molar-refractivity contribution in [2.45, 2.75) is 13.0 Å². The maximum atomic E-state index is 13.5. The van der Waals surface area contributed by atoms with Crippen LogP contribution in [0.5, 0.6) is 0 Å². The summed E-state index contributed by atoms with van der Waals surface area (Å²) in [5, 5.41) is 10.5. The number of carbonyl (C=O) groups excluding carboxylic acids is 1. The van der Waals surface area contributed by atoms with Gasteiger partial charge in [-0.05, 0) is 18.2 Å². The summed E-state index contributed by atoms with van der Waals surface area (Å²) in [6, 6.07) is 4.52. The van der Waals surface area contributed by atoms with E-state index in [0.717, 1.165) is 35.6 Å². The Bertz CT molecular complexity index is 772. The van der Waals surface area contributed by atoms with E-state index in [1.54, 1.807) is 11.0 Å². The second-order valence-electron chi connectivity index (χ2n) is 5.97. The average Bonchev–Trinajstić information content (AvgIpc) is 2.99. The van der Waals surface area contributed by atoms with Gasteiger partial charge in [0, 0.05) is 50.9 Å². The van der Waals surface area contributed by atoms with E-state index < -0.39 is 0 Å². The Morgan fingerprint density at radius 3 is 3.04 bits per heavy atom. The summed E-state index contributed by atoms with van der Waals surface area (Å²) in [5.74, 6) is -0.432. The van der Waals surface area contributed by atoms with Gasteiger partial charge in [0.15, 0.2) is 5.69 Å². The van der Waals surface area contributed by atoms with Crippen LogP contribution in [0.3, 0.4) is 0 Å². The summed E-state index contributed by atoms with van der Waals surface area (Å²) in [6.45, 7) is 2.76. The zero-order valence-corrected chi connectivity index (χ0v) is 12.9. The summed E-state index contributed by atoms with van der Waals surface area (Å²) < 4.78 is 13.5. The van der Waals surface area contributed by atoms with Gasteiger partial charge < -0.3 is 15.1 Å².